The van der Waals surface area contributed by atoms with Gasteiger partial charge >= 0.3 is 11.9 Å². The summed E-state index contributed by atoms with van der Waals surface area (Å²) in [5, 5.41) is 5.36. The minimum atomic E-state index is -0.581. The number of carbonyl (C=O) groups excluding carboxylic acids is 4. The highest BCUT2D eigenvalue weighted by atomic mass is 79.9. The van der Waals surface area contributed by atoms with Crippen molar-refractivity contribution in [3.8, 4) is 11.5 Å². The minimum Gasteiger partial charge on any atom is -0.462 e. The van der Waals surface area contributed by atoms with Gasteiger partial charge in [-0.15, -0.1) is 0 Å². The number of anilines is 2. The average Bonchev–Trinajstić information content (AvgIpc) is 2.94. The fourth-order valence-corrected chi connectivity index (χ4v) is 3.62. The van der Waals surface area contributed by atoms with Gasteiger partial charge in [0.15, 0.2) is 6.61 Å². The molecule has 0 unspecified atom stereocenters. The molecule has 10 heteroatoms. The van der Waals surface area contributed by atoms with Crippen molar-refractivity contribution in [2.24, 2.45) is 0 Å². The predicted octanol–water partition coefficient (Wildman–Crippen LogP) is 6.49. The monoisotopic (exact) mass is 610 g/mol. The molecule has 3 rings (SSSR count). The highest BCUT2D eigenvalue weighted by Crippen LogP contribution is 2.24. The van der Waals surface area contributed by atoms with Crippen LogP contribution in [-0.4, -0.2) is 37.0 Å². The number of carbonyl (C=O) groups is 4. The van der Waals surface area contributed by atoms with Crippen molar-refractivity contribution < 1.29 is 33.4 Å². The number of hydrogen-bond acceptors (Lipinski definition) is 7. The van der Waals surface area contributed by atoms with Crippen molar-refractivity contribution in [2.45, 2.75) is 39.0 Å². The van der Waals surface area contributed by atoms with Gasteiger partial charge in [-0.25, -0.2) is 4.79 Å². The maximum atomic E-state index is 12.2. The van der Waals surface area contributed by atoms with Crippen molar-refractivity contribution in [3.05, 3.63) is 82.8 Å². The van der Waals surface area contributed by atoms with Crippen molar-refractivity contribution in [1.29, 1.82) is 0 Å². The quantitative estimate of drug-likeness (QED) is 0.158. The molecule has 210 valence electrons. The van der Waals surface area contributed by atoms with Crippen LogP contribution in [0.25, 0.3) is 0 Å². The molecular formula is C30H31BrN2O7. The van der Waals surface area contributed by atoms with Crippen molar-refractivity contribution in [3.63, 3.8) is 0 Å². The molecule has 2 amide bonds. The number of amides is 2. The summed E-state index contributed by atoms with van der Waals surface area (Å²) in [6, 6.07) is 20.6. The van der Waals surface area contributed by atoms with Gasteiger partial charge in [-0.05, 0) is 85.6 Å². The van der Waals surface area contributed by atoms with E-state index < -0.39 is 24.5 Å². The number of rotatable bonds is 14. The van der Waals surface area contributed by atoms with Crippen molar-refractivity contribution >= 4 is 51.1 Å². The summed E-state index contributed by atoms with van der Waals surface area (Å²) < 4.78 is 16.8. The number of nitrogens with one attached hydrogen (secondary N) is 2. The Morgan fingerprint density at radius 1 is 0.700 bits per heavy atom. The molecule has 0 heterocycles. The van der Waals surface area contributed by atoms with Crippen LogP contribution in [0.1, 0.15) is 49.4 Å². The van der Waals surface area contributed by atoms with Crippen LogP contribution in [0.3, 0.4) is 0 Å². The second kappa shape index (κ2) is 16.0. The summed E-state index contributed by atoms with van der Waals surface area (Å²) in [5.41, 5.74) is 1.44. The van der Waals surface area contributed by atoms with Gasteiger partial charge in [0.05, 0.1) is 12.2 Å². The molecule has 0 aliphatic heterocycles. The van der Waals surface area contributed by atoms with E-state index >= 15 is 0 Å². The zero-order valence-corrected chi connectivity index (χ0v) is 23.7. The number of unbranched alkanes of at least 4 members (excludes halogenated alkanes) is 1. The SMILES string of the molecule is CCCCOC(=O)c1ccc(NC(=O)COC(=O)CCCC(=O)Nc2ccc(Oc3ccc(Br)cc3)cc2)cc1. The normalized spacial score (nSPS) is 10.3. The molecule has 0 saturated carbocycles. The predicted molar refractivity (Wildman–Crippen MR) is 154 cm³/mol. The lowest BCUT2D eigenvalue weighted by Gasteiger charge is -2.09. The molecule has 0 aromatic heterocycles. The smallest absolute Gasteiger partial charge is 0.338 e. The Kier molecular flexibility index (Phi) is 12.2. The highest BCUT2D eigenvalue weighted by Gasteiger charge is 2.11. The molecule has 0 bridgehead atoms. The van der Waals surface area contributed by atoms with E-state index in [4.69, 9.17) is 14.2 Å². The van der Waals surface area contributed by atoms with Gasteiger partial charge in [0.25, 0.3) is 5.91 Å². The summed E-state index contributed by atoms with van der Waals surface area (Å²) in [6.07, 6.45) is 2.11. The molecule has 3 aromatic carbocycles. The largest absolute Gasteiger partial charge is 0.462 e. The highest BCUT2D eigenvalue weighted by molar-refractivity contribution is 9.10. The van der Waals surface area contributed by atoms with Crippen LogP contribution in [0, 0.1) is 0 Å². The summed E-state index contributed by atoms with van der Waals surface area (Å²) in [7, 11) is 0. The third kappa shape index (κ3) is 10.9. The topological polar surface area (TPSA) is 120 Å². The lowest BCUT2D eigenvalue weighted by Crippen LogP contribution is -2.21. The molecule has 0 atom stereocenters. The Balaban J connectivity index is 1.30. The van der Waals surface area contributed by atoms with Crippen molar-refractivity contribution in [2.75, 3.05) is 23.8 Å². The first-order valence-corrected chi connectivity index (χ1v) is 13.7. The van der Waals surface area contributed by atoms with Gasteiger partial charge in [0.2, 0.25) is 5.91 Å². The Bertz CT molecular complexity index is 1280. The van der Waals surface area contributed by atoms with Crippen molar-refractivity contribution in [1.82, 2.24) is 0 Å². The Morgan fingerprint density at radius 2 is 1.27 bits per heavy atom. The van der Waals surface area contributed by atoms with Crippen LogP contribution in [0.15, 0.2) is 77.3 Å². The molecule has 3 aromatic rings. The van der Waals surface area contributed by atoms with E-state index in [0.29, 0.717) is 35.0 Å². The summed E-state index contributed by atoms with van der Waals surface area (Å²) in [4.78, 5) is 48.2. The van der Waals surface area contributed by atoms with E-state index in [1.165, 1.54) is 0 Å². The summed E-state index contributed by atoms with van der Waals surface area (Å²) in [5.74, 6) is -0.440. The number of benzene rings is 3. The Hall–Kier alpha value is -4.18. The van der Waals surface area contributed by atoms with Crippen LogP contribution in [0.5, 0.6) is 11.5 Å². The summed E-state index contributed by atoms with van der Waals surface area (Å²) >= 11 is 3.38. The molecule has 0 fully saturated rings. The van der Waals surface area contributed by atoms with E-state index in [-0.39, 0.29) is 25.2 Å². The number of esters is 2. The lowest BCUT2D eigenvalue weighted by molar-refractivity contribution is -0.147. The molecule has 2 N–H and O–H groups in total. The number of hydrogen-bond donors (Lipinski definition) is 2. The molecular weight excluding hydrogens is 580 g/mol. The third-order valence-corrected chi connectivity index (χ3v) is 6.00. The number of halogens is 1. The van der Waals surface area contributed by atoms with E-state index in [9.17, 15) is 19.2 Å². The second-order valence-electron chi connectivity index (χ2n) is 8.76. The summed E-state index contributed by atoms with van der Waals surface area (Å²) in [6.45, 7) is 1.91. The standard InChI is InChI=1S/C30H31BrN2O7/c1-2-3-19-38-30(37)21-7-11-23(12-8-21)33-28(35)20-39-29(36)6-4-5-27(34)32-24-13-17-26(18-14-24)40-25-15-9-22(31)10-16-25/h7-18H,2-6,19-20H2,1H3,(H,32,34)(H,33,35). The molecule has 0 radical (unpaired) electrons. The first-order chi connectivity index (χ1) is 19.3. The Labute approximate surface area is 241 Å². The van der Waals surface area contributed by atoms with Gasteiger partial charge in [-0.2, -0.15) is 0 Å². The van der Waals surface area contributed by atoms with Crippen LogP contribution >= 0.6 is 15.9 Å². The van der Waals surface area contributed by atoms with E-state index in [0.717, 1.165) is 17.3 Å². The maximum Gasteiger partial charge on any atom is 0.338 e. The van der Waals surface area contributed by atoms with Crippen LogP contribution in [0.2, 0.25) is 0 Å². The first kappa shape index (κ1) is 30.4. The number of ether oxygens (including phenoxy) is 3. The second-order valence-corrected chi connectivity index (χ2v) is 9.67. The van der Waals surface area contributed by atoms with Gasteiger partial charge in [-0.3, -0.25) is 14.4 Å². The molecule has 0 aliphatic rings. The van der Waals surface area contributed by atoms with Crippen LogP contribution in [0.4, 0.5) is 11.4 Å². The van der Waals surface area contributed by atoms with Gasteiger partial charge in [-0.1, -0.05) is 29.3 Å². The average molecular weight is 611 g/mol. The van der Waals surface area contributed by atoms with Crippen LogP contribution in [-0.2, 0) is 23.9 Å². The zero-order valence-electron chi connectivity index (χ0n) is 22.1. The first-order valence-electron chi connectivity index (χ1n) is 12.9. The fraction of sp³-hybridized carbons (Fsp3) is 0.267. The van der Waals surface area contributed by atoms with Crippen LogP contribution < -0.4 is 15.4 Å². The van der Waals surface area contributed by atoms with E-state index in [1.54, 1.807) is 48.5 Å². The van der Waals surface area contributed by atoms with Gasteiger partial charge < -0.3 is 24.8 Å². The Morgan fingerprint density at radius 3 is 1.90 bits per heavy atom. The minimum absolute atomic E-state index is 0.00446. The molecule has 40 heavy (non-hydrogen) atoms. The van der Waals surface area contributed by atoms with Gasteiger partial charge in [0, 0.05) is 28.7 Å². The lowest BCUT2D eigenvalue weighted by atomic mass is 10.2. The van der Waals surface area contributed by atoms with Gasteiger partial charge in [0.1, 0.15) is 11.5 Å². The van der Waals surface area contributed by atoms with E-state index in [2.05, 4.69) is 26.6 Å². The maximum absolute atomic E-state index is 12.2. The van der Waals surface area contributed by atoms with E-state index in [1.807, 2.05) is 31.2 Å². The fourth-order valence-electron chi connectivity index (χ4n) is 3.36. The molecule has 0 aliphatic carbocycles. The zero-order chi connectivity index (χ0) is 28.7. The third-order valence-electron chi connectivity index (χ3n) is 5.47. The molecule has 0 spiro atoms. The molecule has 0 saturated heterocycles. The molecule has 9 nitrogen and oxygen atoms in total.